The highest BCUT2D eigenvalue weighted by atomic mass is 16.5. The number of benzene rings is 1. The number of rotatable bonds is 4. The van der Waals surface area contributed by atoms with E-state index in [4.69, 9.17) is 10.5 Å². The number of methoxy groups -OCH3 is 1. The minimum atomic E-state index is -0.342. The van der Waals surface area contributed by atoms with Crippen LogP contribution in [0.5, 0.6) is 5.75 Å². The highest BCUT2D eigenvalue weighted by Crippen LogP contribution is 2.25. The van der Waals surface area contributed by atoms with Crippen LogP contribution < -0.4 is 10.5 Å². The van der Waals surface area contributed by atoms with Gasteiger partial charge >= 0.3 is 0 Å². The third-order valence-electron chi connectivity index (χ3n) is 2.71. The Bertz CT molecular complexity index is 486. The van der Waals surface area contributed by atoms with Gasteiger partial charge in [-0.2, -0.15) is 0 Å². The number of nitrogens with zero attached hydrogens (tertiary/aromatic N) is 2. The zero-order valence-electron chi connectivity index (χ0n) is 11.6. The van der Waals surface area contributed by atoms with E-state index in [0.29, 0.717) is 11.4 Å². The molecule has 0 bridgehead atoms. The topological polar surface area (TPSA) is 75.9 Å². The summed E-state index contributed by atoms with van der Waals surface area (Å²) in [6, 6.07) is 4.98. The first-order valence-corrected chi connectivity index (χ1v) is 5.76. The molecule has 1 aromatic rings. The predicted molar refractivity (Wildman–Crippen MR) is 73.1 cm³/mol. The molecule has 104 valence electrons. The van der Waals surface area contributed by atoms with Crippen molar-refractivity contribution in [2.24, 2.45) is 0 Å². The molecule has 0 aliphatic heterocycles. The van der Waals surface area contributed by atoms with E-state index in [-0.39, 0.29) is 23.9 Å². The molecule has 0 saturated heterocycles. The molecule has 6 heteroatoms. The molecule has 0 saturated carbocycles. The van der Waals surface area contributed by atoms with Crippen molar-refractivity contribution in [1.29, 1.82) is 0 Å². The summed E-state index contributed by atoms with van der Waals surface area (Å²) in [7, 11) is 6.29. The fourth-order valence-electron chi connectivity index (χ4n) is 1.55. The van der Waals surface area contributed by atoms with Gasteiger partial charge in [-0.25, -0.2) is 0 Å². The monoisotopic (exact) mass is 265 g/mol. The number of carbonyl (C=O) groups excluding carboxylic acids is 2. The molecule has 2 N–H and O–H groups in total. The largest absolute Gasteiger partial charge is 0.496 e. The minimum absolute atomic E-state index is 0.0106. The van der Waals surface area contributed by atoms with Gasteiger partial charge in [-0.1, -0.05) is 6.07 Å². The highest BCUT2D eigenvalue weighted by Gasteiger charge is 2.21. The van der Waals surface area contributed by atoms with Gasteiger partial charge in [0.1, 0.15) is 11.3 Å². The number of nitrogens with two attached hydrogens (primary N) is 1. The number of ether oxygens (including phenoxy) is 1. The lowest BCUT2D eigenvalue weighted by atomic mass is 10.1. The Hall–Kier alpha value is -2.24. The Morgan fingerprint density at radius 1 is 1.26 bits per heavy atom. The molecule has 0 radical (unpaired) electrons. The van der Waals surface area contributed by atoms with Gasteiger partial charge in [0.05, 0.1) is 13.7 Å². The van der Waals surface area contributed by atoms with Crippen LogP contribution in [0.1, 0.15) is 10.4 Å². The van der Waals surface area contributed by atoms with Gasteiger partial charge in [-0.3, -0.25) is 9.59 Å². The van der Waals surface area contributed by atoms with Crippen LogP contribution in [0, 0.1) is 0 Å². The van der Waals surface area contributed by atoms with Gasteiger partial charge in [0, 0.05) is 26.8 Å². The molecule has 0 aliphatic rings. The van der Waals surface area contributed by atoms with Crippen LogP contribution in [0.2, 0.25) is 0 Å². The predicted octanol–water partition coefficient (Wildman–Crippen LogP) is 0.438. The van der Waals surface area contributed by atoms with Gasteiger partial charge in [0.15, 0.2) is 0 Å². The minimum Gasteiger partial charge on any atom is -0.496 e. The Kier molecular flexibility index (Phi) is 4.74. The molecule has 0 aromatic heterocycles. The van der Waals surface area contributed by atoms with Gasteiger partial charge in [0.25, 0.3) is 5.91 Å². The van der Waals surface area contributed by atoms with Crippen molar-refractivity contribution in [3.05, 3.63) is 23.8 Å². The molecule has 0 unspecified atom stereocenters. The summed E-state index contributed by atoms with van der Waals surface area (Å²) >= 11 is 0. The standard InChI is InChI=1S/C13H19N3O3/c1-15(2)11(17)8-16(3)13(18)12-9(14)6-5-7-10(12)19-4/h5-7H,8,14H2,1-4H3. The molecule has 6 nitrogen and oxygen atoms in total. The van der Waals surface area contributed by atoms with Crippen LogP contribution in [-0.2, 0) is 4.79 Å². The number of carbonyl (C=O) groups is 2. The SMILES string of the molecule is COc1cccc(N)c1C(=O)N(C)CC(=O)N(C)C. The quantitative estimate of drug-likeness (QED) is 0.801. The third kappa shape index (κ3) is 3.37. The summed E-state index contributed by atoms with van der Waals surface area (Å²) in [5.41, 5.74) is 6.41. The van der Waals surface area contributed by atoms with Crippen LogP contribution >= 0.6 is 0 Å². The van der Waals surface area contributed by atoms with E-state index >= 15 is 0 Å². The Morgan fingerprint density at radius 3 is 2.42 bits per heavy atom. The van der Waals surface area contributed by atoms with Crippen LogP contribution in [0.4, 0.5) is 5.69 Å². The second-order valence-electron chi connectivity index (χ2n) is 4.37. The molecule has 1 aromatic carbocycles. The van der Waals surface area contributed by atoms with Gasteiger partial charge in [-0.05, 0) is 12.1 Å². The molecule has 0 aliphatic carbocycles. The molecule has 19 heavy (non-hydrogen) atoms. The fraction of sp³-hybridized carbons (Fsp3) is 0.385. The van der Waals surface area contributed by atoms with Crippen LogP contribution in [0.3, 0.4) is 0 Å². The van der Waals surface area contributed by atoms with E-state index in [1.54, 1.807) is 39.3 Å². The lowest BCUT2D eigenvalue weighted by Crippen LogP contribution is -2.38. The summed E-state index contributed by atoms with van der Waals surface area (Å²) < 4.78 is 5.13. The first-order chi connectivity index (χ1) is 8.88. The smallest absolute Gasteiger partial charge is 0.259 e. The molecular formula is C13H19N3O3. The van der Waals surface area contributed by atoms with E-state index in [1.807, 2.05) is 0 Å². The highest BCUT2D eigenvalue weighted by molar-refractivity contribution is 6.03. The summed E-state index contributed by atoms with van der Waals surface area (Å²) in [5, 5.41) is 0. The number of anilines is 1. The van der Waals surface area contributed by atoms with Crippen molar-refractivity contribution in [2.45, 2.75) is 0 Å². The van der Waals surface area contributed by atoms with Crippen molar-refractivity contribution in [1.82, 2.24) is 9.80 Å². The first-order valence-electron chi connectivity index (χ1n) is 5.76. The Balaban J connectivity index is 2.97. The van der Waals surface area contributed by atoms with Gasteiger partial charge in [0.2, 0.25) is 5.91 Å². The van der Waals surface area contributed by atoms with Crippen molar-refractivity contribution in [3.8, 4) is 5.75 Å². The maximum Gasteiger partial charge on any atom is 0.259 e. The van der Waals surface area contributed by atoms with Crippen molar-refractivity contribution in [3.63, 3.8) is 0 Å². The molecular weight excluding hydrogens is 246 g/mol. The second-order valence-corrected chi connectivity index (χ2v) is 4.37. The van der Waals surface area contributed by atoms with Crippen molar-refractivity contribution >= 4 is 17.5 Å². The lowest BCUT2D eigenvalue weighted by Gasteiger charge is -2.21. The molecule has 0 spiro atoms. The lowest BCUT2D eigenvalue weighted by molar-refractivity contribution is -0.129. The van der Waals surface area contributed by atoms with E-state index in [9.17, 15) is 9.59 Å². The van der Waals surface area contributed by atoms with E-state index in [1.165, 1.54) is 16.9 Å². The summed E-state index contributed by atoms with van der Waals surface area (Å²) in [4.78, 5) is 26.6. The molecule has 1 rings (SSSR count). The maximum absolute atomic E-state index is 12.3. The normalized spacial score (nSPS) is 9.89. The molecule has 0 fully saturated rings. The van der Waals surface area contributed by atoms with Crippen LogP contribution in [0.25, 0.3) is 0 Å². The van der Waals surface area contributed by atoms with E-state index in [2.05, 4.69) is 0 Å². The van der Waals surface area contributed by atoms with Crippen molar-refractivity contribution in [2.75, 3.05) is 40.5 Å². The summed E-state index contributed by atoms with van der Waals surface area (Å²) in [6.07, 6.45) is 0. The second kappa shape index (κ2) is 6.08. The van der Waals surface area contributed by atoms with Crippen LogP contribution in [0.15, 0.2) is 18.2 Å². The number of amides is 2. The average Bonchev–Trinajstić information content (AvgIpc) is 2.37. The number of hydrogen-bond acceptors (Lipinski definition) is 4. The van der Waals surface area contributed by atoms with Crippen molar-refractivity contribution < 1.29 is 14.3 Å². The molecule has 2 amide bonds. The number of nitrogen functional groups attached to an aromatic ring is 1. The van der Waals surface area contributed by atoms with E-state index in [0.717, 1.165) is 0 Å². The number of likely N-dealkylation sites (N-methyl/N-ethyl adjacent to an activating group) is 2. The van der Waals surface area contributed by atoms with E-state index < -0.39 is 0 Å². The zero-order valence-corrected chi connectivity index (χ0v) is 11.6. The van der Waals surface area contributed by atoms with Gasteiger partial charge in [-0.15, -0.1) is 0 Å². The Morgan fingerprint density at radius 2 is 1.89 bits per heavy atom. The third-order valence-corrected chi connectivity index (χ3v) is 2.71. The fourth-order valence-corrected chi connectivity index (χ4v) is 1.55. The first kappa shape index (κ1) is 14.8. The Labute approximate surface area is 112 Å². The molecule has 0 atom stereocenters. The summed E-state index contributed by atoms with van der Waals surface area (Å²) in [5.74, 6) is -0.108. The van der Waals surface area contributed by atoms with Gasteiger partial charge < -0.3 is 20.3 Å². The maximum atomic E-state index is 12.3. The van der Waals surface area contributed by atoms with Crippen LogP contribution in [-0.4, -0.2) is 56.4 Å². The number of hydrogen-bond donors (Lipinski definition) is 1. The summed E-state index contributed by atoms with van der Waals surface area (Å²) in [6.45, 7) is -0.0106. The molecule has 0 heterocycles. The average molecular weight is 265 g/mol. The zero-order chi connectivity index (χ0) is 14.6.